The van der Waals surface area contributed by atoms with Crippen molar-refractivity contribution in [1.82, 2.24) is 0 Å². The van der Waals surface area contributed by atoms with Crippen LogP contribution in [-0.2, 0) is 9.84 Å². The van der Waals surface area contributed by atoms with E-state index in [9.17, 15) is 8.42 Å². The summed E-state index contributed by atoms with van der Waals surface area (Å²) in [6.07, 6.45) is 2.32. The number of hydrogen-bond donors (Lipinski definition) is 0. The van der Waals surface area contributed by atoms with Crippen molar-refractivity contribution in [3.63, 3.8) is 0 Å². The second-order valence-electron chi connectivity index (χ2n) is 6.66. The van der Waals surface area contributed by atoms with E-state index in [4.69, 9.17) is 0 Å². The highest BCUT2D eigenvalue weighted by molar-refractivity contribution is 7.89. The summed E-state index contributed by atoms with van der Waals surface area (Å²) in [5, 5.41) is 0. The molecule has 0 radical (unpaired) electrons. The van der Waals surface area contributed by atoms with Gasteiger partial charge in [0.1, 0.15) is 9.84 Å². The van der Waals surface area contributed by atoms with E-state index in [0.29, 0.717) is 0 Å². The SMILES string of the molecule is CS(C)(=O)=O.Cc1cc(C)c([I+]c2c(C)cc(C)cc2C)c(C)c1. The zero-order valence-electron chi connectivity index (χ0n) is 15.9. The second kappa shape index (κ2) is 8.48. The molecule has 0 aliphatic rings. The van der Waals surface area contributed by atoms with E-state index >= 15 is 0 Å². The molecule has 0 saturated carbocycles. The predicted octanol–water partition coefficient (Wildman–Crippen LogP) is 1.33. The van der Waals surface area contributed by atoms with E-state index in [1.807, 2.05) is 0 Å². The van der Waals surface area contributed by atoms with Crippen molar-refractivity contribution in [2.24, 2.45) is 0 Å². The number of hydrogen-bond acceptors (Lipinski definition) is 2. The van der Waals surface area contributed by atoms with Crippen molar-refractivity contribution in [2.75, 3.05) is 12.5 Å². The highest BCUT2D eigenvalue weighted by Crippen LogP contribution is 2.10. The number of aryl methyl sites for hydroxylation is 6. The maximum absolute atomic E-state index is 9.63. The summed E-state index contributed by atoms with van der Waals surface area (Å²) in [4.78, 5) is 0. The van der Waals surface area contributed by atoms with Crippen LogP contribution in [0.3, 0.4) is 0 Å². The summed E-state index contributed by atoms with van der Waals surface area (Å²) < 4.78 is 22.5. The molecule has 0 bridgehead atoms. The summed E-state index contributed by atoms with van der Waals surface area (Å²) in [5.41, 5.74) is 8.60. The normalized spacial score (nSPS) is 11.0. The molecule has 2 rings (SSSR count). The molecule has 2 aromatic rings. The fourth-order valence-corrected chi connectivity index (χ4v) is 5.58. The lowest BCUT2D eigenvalue weighted by Crippen LogP contribution is -3.62. The zero-order chi connectivity index (χ0) is 18.7. The van der Waals surface area contributed by atoms with Crippen LogP contribution in [0.2, 0.25) is 0 Å². The average Bonchev–Trinajstić information content (AvgIpc) is 2.33. The van der Waals surface area contributed by atoms with Gasteiger partial charge in [0.25, 0.3) is 0 Å². The van der Waals surface area contributed by atoms with Crippen molar-refractivity contribution >= 4 is 9.84 Å². The van der Waals surface area contributed by atoms with Crippen LogP contribution < -0.4 is 21.2 Å². The minimum absolute atomic E-state index is 0.0837. The third kappa shape index (κ3) is 6.93. The molecule has 0 N–H and O–H groups in total. The molecule has 2 aromatic carbocycles. The Balaban J connectivity index is 0.000000505. The molecule has 0 atom stereocenters. The average molecular weight is 459 g/mol. The molecule has 0 fully saturated rings. The maximum atomic E-state index is 9.63. The Morgan fingerprint density at radius 1 is 0.625 bits per heavy atom. The summed E-state index contributed by atoms with van der Waals surface area (Å²) in [5.74, 6) is 0. The highest BCUT2D eigenvalue weighted by Gasteiger charge is 2.25. The van der Waals surface area contributed by atoms with Crippen LogP contribution in [0.4, 0.5) is 0 Å². The van der Waals surface area contributed by atoms with Gasteiger partial charge in [-0.05, 0) is 41.5 Å². The molecule has 0 aliphatic carbocycles. The number of halogens is 1. The lowest BCUT2D eigenvalue weighted by atomic mass is 10.1. The third-order valence-corrected chi connectivity index (χ3v) is 7.83. The van der Waals surface area contributed by atoms with Crippen molar-refractivity contribution in [3.8, 4) is 0 Å². The molecule has 0 aliphatic heterocycles. The summed E-state index contributed by atoms with van der Waals surface area (Å²) in [6, 6.07) is 9.28. The molecular weight excluding hydrogens is 431 g/mol. The Morgan fingerprint density at radius 2 is 0.833 bits per heavy atom. The van der Waals surface area contributed by atoms with E-state index in [2.05, 4.69) is 65.8 Å². The van der Waals surface area contributed by atoms with Crippen molar-refractivity contribution in [3.05, 3.63) is 64.8 Å². The lowest BCUT2D eigenvalue weighted by molar-refractivity contribution is -0.600. The first kappa shape index (κ1) is 21.2. The molecule has 132 valence electrons. The second-order valence-corrected chi connectivity index (χ2v) is 11.6. The van der Waals surface area contributed by atoms with E-state index in [1.165, 1.54) is 33.4 Å². The number of sulfone groups is 1. The summed E-state index contributed by atoms with van der Waals surface area (Å²) in [7, 11) is -2.67. The van der Waals surface area contributed by atoms with Gasteiger partial charge in [-0.1, -0.05) is 35.4 Å². The van der Waals surface area contributed by atoms with Gasteiger partial charge < -0.3 is 0 Å². The van der Waals surface area contributed by atoms with Crippen LogP contribution in [0.25, 0.3) is 0 Å². The first-order valence-corrected chi connectivity index (χ1v) is 12.3. The molecule has 0 unspecified atom stereocenters. The summed E-state index contributed by atoms with van der Waals surface area (Å²) >= 11 is -0.0837. The van der Waals surface area contributed by atoms with Crippen molar-refractivity contribution < 1.29 is 29.6 Å². The van der Waals surface area contributed by atoms with Crippen LogP contribution in [0.15, 0.2) is 24.3 Å². The molecule has 0 heterocycles. The largest absolute Gasteiger partial charge is 0.359 e. The molecule has 0 aromatic heterocycles. The Labute approximate surface area is 157 Å². The smallest absolute Gasteiger partial charge is 0.229 e. The molecule has 4 heteroatoms. The minimum atomic E-state index is -2.67. The molecule has 0 saturated heterocycles. The van der Waals surface area contributed by atoms with E-state index in [0.717, 1.165) is 12.5 Å². The van der Waals surface area contributed by atoms with Gasteiger partial charge in [0.2, 0.25) is 0 Å². The fraction of sp³-hybridized carbons (Fsp3) is 0.400. The van der Waals surface area contributed by atoms with Gasteiger partial charge >= 0.3 is 21.2 Å². The minimum Gasteiger partial charge on any atom is -0.229 e. The summed E-state index contributed by atoms with van der Waals surface area (Å²) in [6.45, 7) is 13.4. The predicted molar refractivity (Wildman–Crippen MR) is 99.5 cm³/mol. The monoisotopic (exact) mass is 459 g/mol. The maximum Gasteiger partial charge on any atom is 0.359 e. The van der Waals surface area contributed by atoms with E-state index < -0.39 is 9.84 Å². The highest BCUT2D eigenvalue weighted by atomic mass is 127. The van der Waals surface area contributed by atoms with Crippen molar-refractivity contribution in [1.29, 1.82) is 0 Å². The van der Waals surface area contributed by atoms with E-state index in [1.54, 1.807) is 7.14 Å². The van der Waals surface area contributed by atoms with Gasteiger partial charge in [-0.25, -0.2) is 8.42 Å². The standard InChI is InChI=1S/C18H22I.C2H6O2S/c1-11-7-13(3)17(14(4)8-11)19-18-15(5)9-12(2)10-16(18)6;1-5(2,3)4/h7-10H,1-6H3;1-2H3/q+1;. The molecule has 24 heavy (non-hydrogen) atoms. The molecule has 2 nitrogen and oxygen atoms in total. The van der Waals surface area contributed by atoms with Gasteiger partial charge in [-0.3, -0.25) is 0 Å². The van der Waals surface area contributed by atoms with Crippen LogP contribution in [-0.4, -0.2) is 20.9 Å². The van der Waals surface area contributed by atoms with Gasteiger partial charge in [-0.15, -0.1) is 0 Å². The Hall–Kier alpha value is -0.880. The lowest BCUT2D eigenvalue weighted by Gasteiger charge is -2.04. The molecular formula is C20H28IO2S+. The van der Waals surface area contributed by atoms with Crippen LogP contribution >= 0.6 is 0 Å². The van der Waals surface area contributed by atoms with Crippen molar-refractivity contribution in [2.45, 2.75) is 41.5 Å². The first-order chi connectivity index (χ1) is 10.9. The van der Waals surface area contributed by atoms with E-state index in [-0.39, 0.29) is 21.2 Å². The van der Waals surface area contributed by atoms with Gasteiger partial charge in [0.15, 0.2) is 7.14 Å². The van der Waals surface area contributed by atoms with Gasteiger partial charge in [0, 0.05) is 34.8 Å². The number of rotatable bonds is 2. The van der Waals surface area contributed by atoms with Crippen LogP contribution in [0.5, 0.6) is 0 Å². The molecule has 0 spiro atoms. The third-order valence-electron chi connectivity index (χ3n) is 3.35. The van der Waals surface area contributed by atoms with Gasteiger partial charge in [0.05, 0.1) is 0 Å². The van der Waals surface area contributed by atoms with Crippen LogP contribution in [0.1, 0.15) is 33.4 Å². The Morgan fingerprint density at radius 3 is 1.04 bits per heavy atom. The number of benzene rings is 2. The Bertz CT molecular complexity index is 727. The Kier molecular flexibility index (Phi) is 7.47. The zero-order valence-corrected chi connectivity index (χ0v) is 18.9. The fourth-order valence-electron chi connectivity index (χ4n) is 2.72. The topological polar surface area (TPSA) is 34.1 Å². The van der Waals surface area contributed by atoms with Gasteiger partial charge in [-0.2, -0.15) is 0 Å². The quantitative estimate of drug-likeness (QED) is 0.636. The first-order valence-electron chi connectivity index (χ1n) is 7.84. The van der Waals surface area contributed by atoms with Crippen LogP contribution in [0, 0.1) is 48.7 Å². The molecule has 0 amide bonds.